The fourth-order valence-electron chi connectivity index (χ4n) is 2.64. The molecule has 2 heteroatoms. The zero-order valence-corrected chi connectivity index (χ0v) is 14.6. The van der Waals surface area contributed by atoms with Crippen molar-refractivity contribution in [2.24, 2.45) is 17.6 Å². The highest BCUT2D eigenvalue weighted by Gasteiger charge is 2.19. The van der Waals surface area contributed by atoms with Crippen molar-refractivity contribution in [2.45, 2.75) is 53.5 Å². The summed E-state index contributed by atoms with van der Waals surface area (Å²) < 4.78 is 0. The molecule has 1 rings (SSSR count). The van der Waals surface area contributed by atoms with Crippen LogP contribution >= 0.6 is 0 Å². The van der Waals surface area contributed by atoms with Gasteiger partial charge in [-0.05, 0) is 50.3 Å². The van der Waals surface area contributed by atoms with E-state index in [0.717, 1.165) is 24.9 Å². The molecular weight excluding hydrogens is 256 g/mol. The summed E-state index contributed by atoms with van der Waals surface area (Å²) in [5.74, 6) is 1.48. The second kappa shape index (κ2) is 9.22. The van der Waals surface area contributed by atoms with E-state index in [4.69, 9.17) is 5.73 Å². The van der Waals surface area contributed by atoms with Crippen LogP contribution in [0.4, 0.5) is 0 Å². The Morgan fingerprint density at radius 1 is 1.00 bits per heavy atom. The number of hydrogen-bond acceptors (Lipinski definition) is 2. The Kier molecular flexibility index (Phi) is 7.98. The minimum atomic E-state index is 0.349. The topological polar surface area (TPSA) is 29.3 Å². The van der Waals surface area contributed by atoms with Crippen molar-refractivity contribution in [1.82, 2.24) is 4.90 Å². The Balaban J connectivity index is 2.85. The van der Waals surface area contributed by atoms with E-state index in [1.165, 1.54) is 24.0 Å². The van der Waals surface area contributed by atoms with Crippen LogP contribution in [-0.4, -0.2) is 24.5 Å². The second-order valence-electron chi connectivity index (χ2n) is 7.07. The summed E-state index contributed by atoms with van der Waals surface area (Å²) in [6.45, 7) is 14.3. The second-order valence-corrected chi connectivity index (χ2v) is 7.07. The van der Waals surface area contributed by atoms with Crippen molar-refractivity contribution >= 4 is 0 Å². The molecule has 0 bridgehead atoms. The minimum absolute atomic E-state index is 0.349. The maximum Gasteiger partial charge on any atom is 0.0470 e. The fourth-order valence-corrected chi connectivity index (χ4v) is 2.64. The van der Waals surface area contributed by atoms with Gasteiger partial charge in [0, 0.05) is 12.6 Å². The summed E-state index contributed by atoms with van der Waals surface area (Å²) in [6, 6.07) is 9.17. The summed E-state index contributed by atoms with van der Waals surface area (Å²) >= 11 is 0. The summed E-state index contributed by atoms with van der Waals surface area (Å²) in [6.07, 6.45) is 2.47. The first-order chi connectivity index (χ1) is 9.93. The minimum Gasteiger partial charge on any atom is -0.329 e. The monoisotopic (exact) mass is 290 g/mol. The molecule has 2 N–H and O–H groups in total. The van der Waals surface area contributed by atoms with Crippen LogP contribution in [0.1, 0.15) is 57.7 Å². The molecule has 1 aromatic rings. The van der Waals surface area contributed by atoms with E-state index in [2.05, 4.69) is 63.8 Å². The van der Waals surface area contributed by atoms with Crippen LogP contribution < -0.4 is 5.73 Å². The van der Waals surface area contributed by atoms with Gasteiger partial charge in [-0.1, -0.05) is 57.5 Å². The van der Waals surface area contributed by atoms with E-state index in [1.54, 1.807) is 0 Å². The molecule has 0 aliphatic carbocycles. The highest BCUT2D eigenvalue weighted by molar-refractivity contribution is 5.25. The molecule has 0 radical (unpaired) electrons. The first kappa shape index (κ1) is 18.2. The van der Waals surface area contributed by atoms with Crippen molar-refractivity contribution in [3.63, 3.8) is 0 Å². The van der Waals surface area contributed by atoms with Gasteiger partial charge in [-0.3, -0.25) is 4.90 Å². The van der Waals surface area contributed by atoms with Crippen molar-refractivity contribution in [3.05, 3.63) is 35.4 Å². The molecule has 120 valence electrons. The van der Waals surface area contributed by atoms with Crippen LogP contribution in [0.5, 0.6) is 0 Å². The number of benzene rings is 1. The maximum absolute atomic E-state index is 6.13. The Hall–Kier alpha value is -0.860. The molecule has 0 spiro atoms. The van der Waals surface area contributed by atoms with E-state index >= 15 is 0 Å². The molecule has 0 saturated carbocycles. The van der Waals surface area contributed by atoms with E-state index in [0.29, 0.717) is 12.6 Å². The molecule has 1 unspecified atom stereocenters. The lowest BCUT2D eigenvalue weighted by Gasteiger charge is -2.32. The van der Waals surface area contributed by atoms with E-state index in [9.17, 15) is 0 Å². The number of rotatable bonds is 9. The SMILES string of the molecule is Cc1cccc(C(CN)N(CCC(C)C)CCC(C)C)c1. The van der Waals surface area contributed by atoms with Crippen molar-refractivity contribution in [1.29, 1.82) is 0 Å². The lowest BCUT2D eigenvalue weighted by molar-refractivity contribution is 0.181. The molecule has 0 aliphatic rings. The molecule has 0 aliphatic heterocycles. The van der Waals surface area contributed by atoms with E-state index in [1.807, 2.05) is 0 Å². The third-order valence-electron chi connectivity index (χ3n) is 4.08. The van der Waals surface area contributed by atoms with Crippen LogP contribution in [0.15, 0.2) is 24.3 Å². The highest BCUT2D eigenvalue weighted by Crippen LogP contribution is 2.23. The highest BCUT2D eigenvalue weighted by atomic mass is 15.2. The van der Waals surface area contributed by atoms with E-state index < -0.39 is 0 Å². The summed E-state index contributed by atoms with van der Waals surface area (Å²) in [5, 5.41) is 0. The maximum atomic E-state index is 6.13. The Labute approximate surface area is 131 Å². The molecule has 0 aromatic heterocycles. The first-order valence-electron chi connectivity index (χ1n) is 8.44. The predicted molar refractivity (Wildman–Crippen MR) is 93.5 cm³/mol. The van der Waals surface area contributed by atoms with Crippen LogP contribution in [0.3, 0.4) is 0 Å². The Bertz CT molecular complexity index is 386. The molecule has 0 saturated heterocycles. The number of nitrogens with zero attached hydrogens (tertiary/aromatic N) is 1. The van der Waals surface area contributed by atoms with Gasteiger partial charge in [-0.2, -0.15) is 0 Å². The largest absolute Gasteiger partial charge is 0.329 e. The van der Waals surface area contributed by atoms with Gasteiger partial charge in [0.1, 0.15) is 0 Å². The van der Waals surface area contributed by atoms with Gasteiger partial charge in [-0.15, -0.1) is 0 Å². The smallest absolute Gasteiger partial charge is 0.0470 e. The molecule has 0 fully saturated rings. The third-order valence-corrected chi connectivity index (χ3v) is 4.08. The van der Waals surface area contributed by atoms with Gasteiger partial charge in [-0.25, -0.2) is 0 Å². The van der Waals surface area contributed by atoms with Gasteiger partial charge in [0.05, 0.1) is 0 Å². The van der Waals surface area contributed by atoms with Crippen LogP contribution in [-0.2, 0) is 0 Å². The normalized spacial score (nSPS) is 13.4. The molecule has 2 nitrogen and oxygen atoms in total. The van der Waals surface area contributed by atoms with Crippen LogP contribution in [0.25, 0.3) is 0 Å². The fraction of sp³-hybridized carbons (Fsp3) is 0.684. The zero-order chi connectivity index (χ0) is 15.8. The van der Waals surface area contributed by atoms with Gasteiger partial charge < -0.3 is 5.73 Å². The number of nitrogens with two attached hydrogens (primary N) is 1. The number of aryl methyl sites for hydroxylation is 1. The van der Waals surface area contributed by atoms with Crippen molar-refractivity contribution in [2.75, 3.05) is 19.6 Å². The van der Waals surface area contributed by atoms with Crippen LogP contribution in [0, 0.1) is 18.8 Å². The van der Waals surface area contributed by atoms with Gasteiger partial charge in [0.2, 0.25) is 0 Å². The molecule has 0 heterocycles. The summed E-state index contributed by atoms with van der Waals surface area (Å²) in [4.78, 5) is 2.59. The third kappa shape index (κ3) is 6.62. The molecule has 21 heavy (non-hydrogen) atoms. The summed E-state index contributed by atoms with van der Waals surface area (Å²) in [7, 11) is 0. The van der Waals surface area contributed by atoms with Crippen LogP contribution in [0.2, 0.25) is 0 Å². The zero-order valence-electron chi connectivity index (χ0n) is 14.6. The van der Waals surface area contributed by atoms with Gasteiger partial charge in [0.15, 0.2) is 0 Å². The summed E-state index contributed by atoms with van der Waals surface area (Å²) in [5.41, 5.74) is 8.81. The standard InChI is InChI=1S/C19H34N2/c1-15(2)9-11-21(12-10-16(3)4)19(14-20)18-8-6-7-17(5)13-18/h6-8,13,15-16,19H,9-12,14,20H2,1-5H3. The quantitative estimate of drug-likeness (QED) is 0.731. The van der Waals surface area contributed by atoms with E-state index in [-0.39, 0.29) is 0 Å². The molecule has 1 aromatic carbocycles. The first-order valence-corrected chi connectivity index (χ1v) is 8.44. The van der Waals surface area contributed by atoms with Gasteiger partial charge in [0.25, 0.3) is 0 Å². The lowest BCUT2D eigenvalue weighted by Crippen LogP contribution is -2.36. The van der Waals surface area contributed by atoms with Crippen molar-refractivity contribution in [3.8, 4) is 0 Å². The predicted octanol–water partition coefficient (Wildman–Crippen LogP) is 4.39. The number of hydrogen-bond donors (Lipinski definition) is 1. The average molecular weight is 290 g/mol. The Morgan fingerprint density at radius 2 is 1.57 bits per heavy atom. The van der Waals surface area contributed by atoms with Gasteiger partial charge >= 0.3 is 0 Å². The molecular formula is C19H34N2. The lowest BCUT2D eigenvalue weighted by atomic mass is 10.0. The Morgan fingerprint density at radius 3 is 2.00 bits per heavy atom. The average Bonchev–Trinajstić information content (AvgIpc) is 2.41. The van der Waals surface area contributed by atoms with Crippen molar-refractivity contribution < 1.29 is 0 Å². The molecule has 0 amide bonds. The molecule has 1 atom stereocenters.